The Morgan fingerprint density at radius 2 is 2.04 bits per heavy atom. The van der Waals surface area contributed by atoms with E-state index in [4.69, 9.17) is 0 Å². The molecule has 1 aliphatic rings. The maximum atomic E-state index is 14.2. The van der Waals surface area contributed by atoms with Crippen molar-refractivity contribution in [1.82, 2.24) is 9.96 Å². The van der Waals surface area contributed by atoms with Crippen molar-refractivity contribution in [2.75, 3.05) is 6.54 Å². The Labute approximate surface area is 155 Å². The molecule has 2 aromatic rings. The number of halogens is 4. The normalized spacial score (nSPS) is 17.7. The Hall–Kier alpha value is -1.36. The zero-order valence-electron chi connectivity index (χ0n) is 11.7. The smallest absolute Gasteiger partial charge is 0.268 e. The average Bonchev–Trinajstić information content (AvgIpc) is 3.07. The summed E-state index contributed by atoms with van der Waals surface area (Å²) in [7, 11) is 0. The highest BCUT2D eigenvalue weighted by atomic mass is 79.9. The van der Waals surface area contributed by atoms with Crippen LogP contribution in [0, 0.1) is 11.6 Å². The molecular weight excluding hydrogens is 474 g/mol. The van der Waals surface area contributed by atoms with Crippen LogP contribution in [-0.4, -0.2) is 33.5 Å². The molecule has 1 saturated heterocycles. The van der Waals surface area contributed by atoms with Crippen LogP contribution in [0.5, 0.6) is 0 Å². The minimum absolute atomic E-state index is 0.0750. The Kier molecular flexibility index (Phi) is 4.73. The van der Waals surface area contributed by atoms with E-state index < -0.39 is 41.7 Å². The Balaban J connectivity index is 2.05. The van der Waals surface area contributed by atoms with E-state index in [-0.39, 0.29) is 4.47 Å². The molecule has 0 aliphatic carbocycles. The summed E-state index contributed by atoms with van der Waals surface area (Å²) in [5.74, 6) is -3.87. The molecule has 1 fully saturated rings. The molecule has 2 heterocycles. The van der Waals surface area contributed by atoms with Crippen molar-refractivity contribution in [2.45, 2.75) is 6.17 Å². The molecule has 1 aromatic carbocycles. The molecule has 1 unspecified atom stereocenters. The maximum absolute atomic E-state index is 14.2. The summed E-state index contributed by atoms with van der Waals surface area (Å²) in [6, 6.07) is 3.71. The van der Waals surface area contributed by atoms with Gasteiger partial charge in [0.15, 0.2) is 12.0 Å². The predicted molar refractivity (Wildman–Crippen MR) is 88.5 cm³/mol. The maximum Gasteiger partial charge on any atom is 0.268 e. The van der Waals surface area contributed by atoms with Gasteiger partial charge in [0.2, 0.25) is 0 Å². The molecule has 5 nitrogen and oxygen atoms in total. The molecule has 1 aliphatic heterocycles. The fraction of sp³-hybridized carbons (Fsp3) is 0.143. The molecular formula is C14H8Br2F2N2O3S. The van der Waals surface area contributed by atoms with Gasteiger partial charge in [0.25, 0.3) is 11.8 Å². The van der Waals surface area contributed by atoms with Crippen molar-refractivity contribution in [3.8, 4) is 0 Å². The molecule has 3 rings (SSSR count). The second kappa shape index (κ2) is 6.51. The first-order chi connectivity index (χ1) is 11.3. The lowest BCUT2D eigenvalue weighted by atomic mass is 10.1. The number of amides is 2. The number of benzene rings is 1. The van der Waals surface area contributed by atoms with Gasteiger partial charge in [-0.25, -0.2) is 8.78 Å². The third kappa shape index (κ3) is 2.87. The second-order valence-corrected chi connectivity index (χ2v) is 7.64. The first kappa shape index (κ1) is 17.5. The minimum atomic E-state index is -1.14. The van der Waals surface area contributed by atoms with E-state index in [1.54, 1.807) is 11.4 Å². The van der Waals surface area contributed by atoms with E-state index >= 15 is 0 Å². The number of hydrogen-bond acceptors (Lipinski definition) is 4. The summed E-state index contributed by atoms with van der Waals surface area (Å²) in [6.45, 7) is -0.485. The molecule has 0 saturated carbocycles. The topological polar surface area (TPSA) is 60.9 Å². The summed E-state index contributed by atoms with van der Waals surface area (Å²) in [5, 5.41) is 12.1. The molecule has 0 bridgehead atoms. The highest BCUT2D eigenvalue weighted by Crippen LogP contribution is 2.36. The number of carbonyl (C=O) groups is 2. The van der Waals surface area contributed by atoms with E-state index in [0.717, 1.165) is 17.0 Å². The SMILES string of the molecule is O=C1CN(C(=O)c2c(F)ccc(Br)c2F)C(c2cc(Br)cs2)N1O. The summed E-state index contributed by atoms with van der Waals surface area (Å²) in [5.41, 5.74) is -0.784. The van der Waals surface area contributed by atoms with Gasteiger partial charge in [-0.1, -0.05) is 0 Å². The van der Waals surface area contributed by atoms with Crippen LogP contribution in [-0.2, 0) is 4.79 Å². The summed E-state index contributed by atoms with van der Waals surface area (Å²) < 4.78 is 28.8. The van der Waals surface area contributed by atoms with Crippen molar-refractivity contribution in [3.63, 3.8) is 0 Å². The van der Waals surface area contributed by atoms with Crippen LogP contribution in [0.4, 0.5) is 8.78 Å². The van der Waals surface area contributed by atoms with Crippen LogP contribution in [0.3, 0.4) is 0 Å². The average molecular weight is 482 g/mol. The van der Waals surface area contributed by atoms with Crippen LogP contribution in [0.1, 0.15) is 21.4 Å². The second-order valence-electron chi connectivity index (χ2n) is 4.93. The van der Waals surface area contributed by atoms with Crippen LogP contribution in [0.25, 0.3) is 0 Å². The zero-order chi connectivity index (χ0) is 17.6. The largest absolute Gasteiger partial charge is 0.302 e. The molecule has 1 aromatic heterocycles. The first-order valence-corrected chi connectivity index (χ1v) is 8.97. The molecule has 2 amide bonds. The standard InChI is InChI=1S/C14H8Br2F2N2O3S/c15-6-3-9(24-5-6)13-19(4-10(21)20(13)23)14(22)11-8(17)2-1-7(16)12(11)18/h1-3,5,13,23H,4H2. The fourth-order valence-corrected chi connectivity index (χ4v) is 4.23. The van der Waals surface area contributed by atoms with Crippen molar-refractivity contribution in [1.29, 1.82) is 0 Å². The van der Waals surface area contributed by atoms with Gasteiger partial charge in [0, 0.05) is 9.85 Å². The van der Waals surface area contributed by atoms with Crippen molar-refractivity contribution >= 4 is 55.0 Å². The van der Waals surface area contributed by atoms with Crippen LogP contribution < -0.4 is 0 Å². The summed E-state index contributed by atoms with van der Waals surface area (Å²) in [4.78, 5) is 25.9. The van der Waals surface area contributed by atoms with Gasteiger partial charge in [-0.3, -0.25) is 14.8 Å². The third-order valence-corrected chi connectivity index (χ3v) is 5.79. The van der Waals surface area contributed by atoms with Gasteiger partial charge in [0.1, 0.15) is 17.9 Å². The van der Waals surface area contributed by atoms with Gasteiger partial charge in [-0.2, -0.15) is 5.06 Å². The zero-order valence-corrected chi connectivity index (χ0v) is 15.7. The highest BCUT2D eigenvalue weighted by molar-refractivity contribution is 9.10. The quantitative estimate of drug-likeness (QED) is 0.522. The van der Waals surface area contributed by atoms with Crippen molar-refractivity contribution in [2.24, 2.45) is 0 Å². The van der Waals surface area contributed by atoms with E-state index in [9.17, 15) is 23.6 Å². The van der Waals surface area contributed by atoms with Gasteiger partial charge in [-0.05, 0) is 50.1 Å². The minimum Gasteiger partial charge on any atom is -0.302 e. The molecule has 24 heavy (non-hydrogen) atoms. The number of rotatable bonds is 2. The molecule has 126 valence electrons. The van der Waals surface area contributed by atoms with Gasteiger partial charge < -0.3 is 4.90 Å². The molecule has 1 atom stereocenters. The molecule has 1 N–H and O–H groups in total. The van der Waals surface area contributed by atoms with Crippen LogP contribution in [0.15, 0.2) is 32.5 Å². The Morgan fingerprint density at radius 1 is 1.33 bits per heavy atom. The molecule has 0 spiro atoms. The van der Waals surface area contributed by atoms with Crippen molar-refractivity contribution in [3.05, 3.63) is 54.6 Å². The monoisotopic (exact) mass is 480 g/mol. The first-order valence-electron chi connectivity index (χ1n) is 6.50. The van der Waals surface area contributed by atoms with Gasteiger partial charge >= 0.3 is 0 Å². The summed E-state index contributed by atoms with van der Waals surface area (Å²) >= 11 is 7.33. The van der Waals surface area contributed by atoms with E-state index in [2.05, 4.69) is 31.9 Å². The number of thiophene rings is 1. The number of hydrogen-bond donors (Lipinski definition) is 1. The Bertz CT molecular complexity index is 845. The molecule has 10 heteroatoms. The summed E-state index contributed by atoms with van der Waals surface area (Å²) in [6.07, 6.45) is -1.14. The third-order valence-electron chi connectivity index (χ3n) is 3.45. The lowest BCUT2D eigenvalue weighted by molar-refractivity contribution is -0.168. The predicted octanol–water partition coefficient (Wildman–Crippen LogP) is 3.92. The van der Waals surface area contributed by atoms with Gasteiger partial charge in [0.05, 0.1) is 9.35 Å². The van der Waals surface area contributed by atoms with Crippen LogP contribution in [0.2, 0.25) is 0 Å². The Morgan fingerprint density at radius 3 is 2.67 bits per heavy atom. The fourth-order valence-electron chi connectivity index (χ4n) is 2.36. The van der Waals surface area contributed by atoms with E-state index in [1.807, 2.05) is 0 Å². The lowest BCUT2D eigenvalue weighted by Gasteiger charge is -2.25. The molecule has 0 radical (unpaired) electrons. The van der Waals surface area contributed by atoms with Crippen molar-refractivity contribution < 1.29 is 23.6 Å². The number of nitrogens with zero attached hydrogens (tertiary/aromatic N) is 2. The highest BCUT2D eigenvalue weighted by Gasteiger charge is 2.43. The lowest BCUT2D eigenvalue weighted by Crippen LogP contribution is -2.35. The van der Waals surface area contributed by atoms with E-state index in [0.29, 0.717) is 14.4 Å². The van der Waals surface area contributed by atoms with Crippen LogP contribution >= 0.6 is 43.2 Å². The number of hydroxylamine groups is 2. The number of carbonyl (C=O) groups excluding carboxylic acids is 2. The van der Waals surface area contributed by atoms with E-state index in [1.165, 1.54) is 11.3 Å². The van der Waals surface area contributed by atoms with Gasteiger partial charge in [-0.15, -0.1) is 11.3 Å².